The smallest absolute Gasteiger partial charge is 0.258 e. The first-order chi connectivity index (χ1) is 12.0. The van der Waals surface area contributed by atoms with E-state index in [1.165, 1.54) is 18.9 Å². The van der Waals surface area contributed by atoms with Crippen molar-refractivity contribution in [3.05, 3.63) is 18.3 Å². The molecule has 0 unspecified atom stereocenters. The maximum absolute atomic E-state index is 12.2. The molecule has 0 spiro atoms. The molecule has 0 saturated carbocycles. The van der Waals surface area contributed by atoms with Gasteiger partial charge in [-0.1, -0.05) is 0 Å². The minimum atomic E-state index is -3.68. The monoisotopic (exact) mass is 366 g/mol. The fraction of sp³-hybridized carbons (Fsp3) is 0.571. The first-order valence-electron chi connectivity index (χ1n) is 8.11. The second-order valence-electron chi connectivity index (χ2n) is 6.03. The molecule has 0 radical (unpaired) electrons. The van der Waals surface area contributed by atoms with Crippen LogP contribution < -0.4 is 14.5 Å². The minimum absolute atomic E-state index is 0.00523. The van der Waals surface area contributed by atoms with Gasteiger partial charge in [-0.3, -0.25) is 0 Å². The van der Waals surface area contributed by atoms with Crippen LogP contribution in [0.3, 0.4) is 0 Å². The molecule has 1 saturated heterocycles. The minimum Gasteiger partial charge on any atom is -0.347 e. The number of hydrogen-bond acceptors (Lipinski definition) is 8. The van der Waals surface area contributed by atoms with Crippen molar-refractivity contribution in [2.45, 2.75) is 30.8 Å². The molecule has 1 aliphatic rings. The molecule has 0 atom stereocenters. The van der Waals surface area contributed by atoms with Crippen molar-refractivity contribution >= 4 is 21.9 Å². The van der Waals surface area contributed by atoms with Gasteiger partial charge in [-0.15, -0.1) is 0 Å². The van der Waals surface area contributed by atoms with Crippen LogP contribution in [0.4, 0.5) is 11.9 Å². The van der Waals surface area contributed by atoms with E-state index in [4.69, 9.17) is 0 Å². The van der Waals surface area contributed by atoms with Crippen LogP contribution in [0.1, 0.15) is 25.1 Å². The van der Waals surface area contributed by atoms with Gasteiger partial charge in [-0.05, 0) is 19.3 Å². The Kier molecular flexibility index (Phi) is 5.13. The van der Waals surface area contributed by atoms with Crippen molar-refractivity contribution in [2.24, 2.45) is 0 Å². The van der Waals surface area contributed by atoms with Gasteiger partial charge in [0.25, 0.3) is 10.0 Å². The van der Waals surface area contributed by atoms with Gasteiger partial charge in [0.1, 0.15) is 0 Å². The summed E-state index contributed by atoms with van der Waals surface area (Å²) in [6.07, 6.45) is 5.98. The summed E-state index contributed by atoms with van der Waals surface area (Å²) >= 11 is 0. The summed E-state index contributed by atoms with van der Waals surface area (Å²) in [4.78, 5) is 23.5. The highest BCUT2D eigenvalue weighted by Crippen LogP contribution is 2.18. The Morgan fingerprint density at radius 1 is 1.20 bits per heavy atom. The molecule has 3 rings (SSSR count). The van der Waals surface area contributed by atoms with E-state index < -0.39 is 10.0 Å². The number of imidazole rings is 1. The van der Waals surface area contributed by atoms with Gasteiger partial charge < -0.3 is 14.8 Å². The Morgan fingerprint density at radius 2 is 1.96 bits per heavy atom. The Hall–Kier alpha value is -2.27. The lowest BCUT2D eigenvalue weighted by Crippen LogP contribution is -2.33. The predicted molar refractivity (Wildman–Crippen MR) is 92.8 cm³/mol. The van der Waals surface area contributed by atoms with E-state index in [1.807, 2.05) is 14.1 Å². The number of hydrogen-bond donors (Lipinski definition) is 2. The van der Waals surface area contributed by atoms with Crippen molar-refractivity contribution in [2.75, 3.05) is 37.0 Å². The molecular formula is C14H22N8O2S. The van der Waals surface area contributed by atoms with Gasteiger partial charge in [-0.2, -0.15) is 15.0 Å². The third-order valence-electron chi connectivity index (χ3n) is 3.88. The summed E-state index contributed by atoms with van der Waals surface area (Å²) in [6.45, 7) is 1.78. The van der Waals surface area contributed by atoms with E-state index in [9.17, 15) is 8.42 Å². The summed E-state index contributed by atoms with van der Waals surface area (Å²) in [5.41, 5.74) is 0. The molecule has 25 heavy (non-hydrogen) atoms. The molecule has 0 aliphatic carbocycles. The molecule has 1 aliphatic heterocycles. The second-order valence-corrected chi connectivity index (χ2v) is 7.77. The number of nitrogens with one attached hydrogen (secondary N) is 2. The number of piperidine rings is 1. The first kappa shape index (κ1) is 17.5. The molecule has 2 N–H and O–H groups in total. The van der Waals surface area contributed by atoms with Crippen molar-refractivity contribution < 1.29 is 8.42 Å². The number of aromatic nitrogens is 5. The maximum Gasteiger partial charge on any atom is 0.258 e. The number of aromatic amines is 1. The number of anilines is 2. The molecular weight excluding hydrogens is 344 g/mol. The lowest BCUT2D eigenvalue weighted by Gasteiger charge is -2.27. The quantitative estimate of drug-likeness (QED) is 0.740. The van der Waals surface area contributed by atoms with E-state index in [0.717, 1.165) is 25.9 Å². The van der Waals surface area contributed by atoms with Crippen LogP contribution in [0.2, 0.25) is 0 Å². The standard InChI is InChI=1S/C14H22N8O2S/c1-21(2)13-18-11(8-17-25(23,24)12-9-15-10-16-12)19-14(20-13)22-6-4-3-5-7-22/h9-10,17H,3-8H2,1-2H3,(H,15,16). The molecule has 0 bridgehead atoms. The highest BCUT2D eigenvalue weighted by atomic mass is 32.2. The average Bonchev–Trinajstić information content (AvgIpc) is 3.16. The Bertz CT molecular complexity index is 800. The fourth-order valence-electron chi connectivity index (χ4n) is 2.54. The summed E-state index contributed by atoms with van der Waals surface area (Å²) in [5.74, 6) is 1.47. The fourth-order valence-corrected chi connectivity index (χ4v) is 3.42. The largest absolute Gasteiger partial charge is 0.347 e. The Labute approximate surface area is 146 Å². The SMILES string of the molecule is CN(C)c1nc(CNS(=O)(=O)c2cnc[nH]2)nc(N2CCCCC2)n1. The van der Waals surface area contributed by atoms with Gasteiger partial charge in [0.15, 0.2) is 10.9 Å². The van der Waals surface area contributed by atoms with Gasteiger partial charge in [0, 0.05) is 27.2 Å². The zero-order chi connectivity index (χ0) is 17.9. The van der Waals surface area contributed by atoms with Crippen molar-refractivity contribution in [1.82, 2.24) is 29.6 Å². The maximum atomic E-state index is 12.2. The van der Waals surface area contributed by atoms with Crippen LogP contribution in [0.15, 0.2) is 17.6 Å². The van der Waals surface area contributed by atoms with Crippen molar-refractivity contribution in [3.8, 4) is 0 Å². The van der Waals surface area contributed by atoms with Gasteiger partial charge in [0.2, 0.25) is 11.9 Å². The number of sulfonamides is 1. The topological polar surface area (TPSA) is 120 Å². The third kappa shape index (κ3) is 4.23. The van der Waals surface area contributed by atoms with Crippen molar-refractivity contribution in [1.29, 1.82) is 0 Å². The van der Waals surface area contributed by atoms with Crippen LogP contribution in [-0.2, 0) is 16.6 Å². The van der Waals surface area contributed by atoms with Crippen LogP contribution in [0.5, 0.6) is 0 Å². The van der Waals surface area contributed by atoms with Crippen LogP contribution in [0, 0.1) is 0 Å². The summed E-state index contributed by atoms with van der Waals surface area (Å²) in [7, 11) is 0.000651. The van der Waals surface area contributed by atoms with E-state index in [0.29, 0.717) is 17.7 Å². The normalized spacial score (nSPS) is 15.4. The molecule has 2 aromatic rings. The Morgan fingerprint density at radius 3 is 2.60 bits per heavy atom. The van der Waals surface area contributed by atoms with Gasteiger partial charge in [-0.25, -0.2) is 18.1 Å². The van der Waals surface area contributed by atoms with E-state index >= 15 is 0 Å². The molecule has 3 heterocycles. The predicted octanol–water partition coefficient (Wildman–Crippen LogP) is 0.130. The molecule has 136 valence electrons. The molecule has 2 aromatic heterocycles. The van der Waals surface area contributed by atoms with Gasteiger partial charge in [0.05, 0.1) is 19.1 Å². The summed E-state index contributed by atoms with van der Waals surface area (Å²) < 4.78 is 26.9. The average molecular weight is 366 g/mol. The van der Waals surface area contributed by atoms with Crippen LogP contribution in [0.25, 0.3) is 0 Å². The van der Waals surface area contributed by atoms with Crippen LogP contribution >= 0.6 is 0 Å². The summed E-state index contributed by atoms with van der Waals surface area (Å²) in [6, 6.07) is 0. The number of nitrogens with zero attached hydrogens (tertiary/aromatic N) is 6. The zero-order valence-corrected chi connectivity index (χ0v) is 15.1. The highest BCUT2D eigenvalue weighted by Gasteiger charge is 2.19. The van der Waals surface area contributed by atoms with Gasteiger partial charge >= 0.3 is 0 Å². The van der Waals surface area contributed by atoms with Crippen molar-refractivity contribution in [3.63, 3.8) is 0 Å². The highest BCUT2D eigenvalue weighted by molar-refractivity contribution is 7.89. The van der Waals surface area contributed by atoms with E-state index in [-0.39, 0.29) is 11.6 Å². The second kappa shape index (κ2) is 7.31. The van der Waals surface area contributed by atoms with Crippen LogP contribution in [-0.4, -0.2) is 60.5 Å². The van der Waals surface area contributed by atoms with E-state index in [1.54, 1.807) is 4.90 Å². The molecule has 0 aromatic carbocycles. The molecule has 0 amide bonds. The van der Waals surface area contributed by atoms with E-state index in [2.05, 4.69) is 34.5 Å². The lowest BCUT2D eigenvalue weighted by atomic mass is 10.1. The zero-order valence-electron chi connectivity index (χ0n) is 14.3. The molecule has 10 nitrogen and oxygen atoms in total. The number of H-pyrrole nitrogens is 1. The number of rotatable bonds is 6. The Balaban J connectivity index is 1.81. The lowest BCUT2D eigenvalue weighted by molar-refractivity contribution is 0.563. The summed E-state index contributed by atoms with van der Waals surface area (Å²) in [5, 5.41) is 0.00523. The first-order valence-corrected chi connectivity index (χ1v) is 9.59. The molecule has 11 heteroatoms. The molecule has 1 fully saturated rings. The third-order valence-corrected chi connectivity index (χ3v) is 5.21.